The lowest BCUT2D eigenvalue weighted by Crippen LogP contribution is -2.41. The molecule has 2 rings (SSSR count). The van der Waals surface area contributed by atoms with Crippen LogP contribution < -0.4 is 15.6 Å². The lowest BCUT2D eigenvalue weighted by molar-refractivity contribution is 0.0845. The maximum atomic E-state index is 11.9. The highest BCUT2D eigenvalue weighted by atomic mass is 16.5. The third kappa shape index (κ3) is 3.35. The van der Waals surface area contributed by atoms with Gasteiger partial charge in [0.15, 0.2) is 0 Å². The Labute approximate surface area is 127 Å². The van der Waals surface area contributed by atoms with E-state index in [0.717, 1.165) is 0 Å². The fraction of sp³-hybridized carbons (Fsp3) is 0.125. The number of aromatic hydroxyl groups is 1. The third-order valence-electron chi connectivity index (χ3n) is 3.12. The molecule has 2 aromatic rings. The van der Waals surface area contributed by atoms with Crippen molar-refractivity contribution in [3.8, 4) is 11.5 Å². The molecule has 2 amide bonds. The first-order valence-corrected chi connectivity index (χ1v) is 6.56. The van der Waals surface area contributed by atoms with E-state index in [0.29, 0.717) is 16.9 Å². The number of amides is 2. The lowest BCUT2D eigenvalue weighted by atomic mass is 10.1. The molecule has 2 aromatic carbocycles. The first-order chi connectivity index (χ1) is 10.5. The quantitative estimate of drug-likeness (QED) is 0.754. The van der Waals surface area contributed by atoms with Gasteiger partial charge >= 0.3 is 0 Å². The highest BCUT2D eigenvalue weighted by molar-refractivity contribution is 6.00. The largest absolute Gasteiger partial charge is 0.507 e. The van der Waals surface area contributed by atoms with Crippen LogP contribution in [0.25, 0.3) is 0 Å². The van der Waals surface area contributed by atoms with E-state index in [9.17, 15) is 14.7 Å². The number of nitrogens with one attached hydrogen (secondary N) is 2. The molecule has 0 saturated heterocycles. The Morgan fingerprint density at radius 1 is 1.00 bits per heavy atom. The number of carbonyl (C=O) groups is 2. The normalized spacial score (nSPS) is 9.91. The number of hydrogen-bond acceptors (Lipinski definition) is 4. The number of carbonyl (C=O) groups excluding carboxylic acids is 2. The van der Waals surface area contributed by atoms with E-state index in [1.54, 1.807) is 43.3 Å². The minimum atomic E-state index is -0.594. The molecule has 0 unspecified atom stereocenters. The van der Waals surface area contributed by atoms with Gasteiger partial charge in [0.05, 0.1) is 12.7 Å². The first kappa shape index (κ1) is 15.4. The van der Waals surface area contributed by atoms with Crippen molar-refractivity contribution >= 4 is 11.8 Å². The Morgan fingerprint density at radius 3 is 2.27 bits per heavy atom. The van der Waals surface area contributed by atoms with Gasteiger partial charge in [-0.1, -0.05) is 12.1 Å². The van der Waals surface area contributed by atoms with E-state index in [1.165, 1.54) is 13.2 Å². The SMILES string of the molecule is COc1ccc(C(=O)NNC(=O)c2cccc(C)c2O)cc1. The van der Waals surface area contributed by atoms with Crippen LogP contribution in [0.2, 0.25) is 0 Å². The minimum absolute atomic E-state index is 0.0926. The molecule has 0 atom stereocenters. The summed E-state index contributed by atoms with van der Waals surface area (Å²) in [5, 5.41) is 9.82. The van der Waals surface area contributed by atoms with Crippen LogP contribution in [0.1, 0.15) is 26.3 Å². The number of rotatable bonds is 3. The van der Waals surface area contributed by atoms with Gasteiger partial charge in [-0.3, -0.25) is 20.4 Å². The van der Waals surface area contributed by atoms with Crippen molar-refractivity contribution < 1.29 is 19.4 Å². The summed E-state index contributed by atoms with van der Waals surface area (Å²) in [6.07, 6.45) is 0. The van der Waals surface area contributed by atoms with Crippen LogP contribution in [0.15, 0.2) is 42.5 Å². The summed E-state index contributed by atoms with van der Waals surface area (Å²) in [4.78, 5) is 23.9. The Balaban J connectivity index is 2.01. The molecule has 0 radical (unpaired) electrons. The predicted molar refractivity (Wildman–Crippen MR) is 80.8 cm³/mol. The number of hydrazine groups is 1. The van der Waals surface area contributed by atoms with E-state index < -0.39 is 11.8 Å². The minimum Gasteiger partial charge on any atom is -0.507 e. The van der Waals surface area contributed by atoms with Gasteiger partial charge in [0.1, 0.15) is 11.5 Å². The fourth-order valence-corrected chi connectivity index (χ4v) is 1.84. The van der Waals surface area contributed by atoms with E-state index in [-0.39, 0.29) is 11.3 Å². The van der Waals surface area contributed by atoms with Crippen molar-refractivity contribution in [1.29, 1.82) is 0 Å². The van der Waals surface area contributed by atoms with Gasteiger partial charge in [-0.05, 0) is 42.8 Å². The van der Waals surface area contributed by atoms with E-state index >= 15 is 0 Å². The molecule has 0 aliphatic rings. The Morgan fingerprint density at radius 2 is 1.64 bits per heavy atom. The number of phenolic OH excluding ortho intramolecular Hbond substituents is 1. The second-order valence-corrected chi connectivity index (χ2v) is 4.61. The van der Waals surface area contributed by atoms with Crippen LogP contribution in [0.4, 0.5) is 0 Å². The van der Waals surface area contributed by atoms with E-state index in [2.05, 4.69) is 10.9 Å². The van der Waals surface area contributed by atoms with Crippen molar-refractivity contribution in [3.05, 3.63) is 59.2 Å². The zero-order chi connectivity index (χ0) is 16.1. The van der Waals surface area contributed by atoms with Gasteiger partial charge in [0.2, 0.25) is 0 Å². The second kappa shape index (κ2) is 6.62. The van der Waals surface area contributed by atoms with Crippen LogP contribution in [0.3, 0.4) is 0 Å². The van der Waals surface area contributed by atoms with Crippen LogP contribution in [0.5, 0.6) is 11.5 Å². The molecule has 0 aliphatic carbocycles. The van der Waals surface area contributed by atoms with Crippen molar-refractivity contribution in [2.45, 2.75) is 6.92 Å². The van der Waals surface area contributed by atoms with Crippen LogP contribution >= 0.6 is 0 Å². The molecule has 6 heteroatoms. The zero-order valence-electron chi connectivity index (χ0n) is 12.2. The van der Waals surface area contributed by atoms with Crippen molar-refractivity contribution in [2.75, 3.05) is 7.11 Å². The summed E-state index contributed by atoms with van der Waals surface area (Å²) in [5.41, 5.74) is 5.60. The van der Waals surface area contributed by atoms with Crippen LogP contribution in [-0.4, -0.2) is 24.0 Å². The number of para-hydroxylation sites is 1. The van der Waals surface area contributed by atoms with Crippen molar-refractivity contribution in [1.82, 2.24) is 10.9 Å². The fourth-order valence-electron chi connectivity index (χ4n) is 1.84. The molecule has 0 heterocycles. The molecule has 114 valence electrons. The predicted octanol–water partition coefficient (Wildman–Crippen LogP) is 1.78. The Bertz CT molecular complexity index is 696. The third-order valence-corrected chi connectivity index (χ3v) is 3.12. The molecule has 0 saturated carbocycles. The molecule has 6 nitrogen and oxygen atoms in total. The molecular formula is C16H16N2O4. The molecule has 0 fully saturated rings. The van der Waals surface area contributed by atoms with Crippen LogP contribution in [-0.2, 0) is 0 Å². The summed E-state index contributed by atoms with van der Waals surface area (Å²) in [5.74, 6) is -0.546. The average molecular weight is 300 g/mol. The van der Waals surface area contributed by atoms with Gasteiger partial charge in [0, 0.05) is 5.56 Å². The Kier molecular flexibility index (Phi) is 4.63. The highest BCUT2D eigenvalue weighted by Crippen LogP contribution is 2.20. The number of phenols is 1. The second-order valence-electron chi connectivity index (χ2n) is 4.61. The molecule has 0 spiro atoms. The number of benzene rings is 2. The van der Waals surface area contributed by atoms with Gasteiger partial charge < -0.3 is 9.84 Å². The average Bonchev–Trinajstić information content (AvgIpc) is 2.55. The van der Waals surface area contributed by atoms with Gasteiger partial charge in [-0.2, -0.15) is 0 Å². The van der Waals surface area contributed by atoms with E-state index in [1.807, 2.05) is 0 Å². The molecule has 0 bridgehead atoms. The maximum absolute atomic E-state index is 11.9. The zero-order valence-corrected chi connectivity index (χ0v) is 12.2. The highest BCUT2D eigenvalue weighted by Gasteiger charge is 2.13. The molecular weight excluding hydrogens is 284 g/mol. The monoisotopic (exact) mass is 300 g/mol. The van der Waals surface area contributed by atoms with Crippen molar-refractivity contribution in [3.63, 3.8) is 0 Å². The van der Waals surface area contributed by atoms with Gasteiger partial charge in [-0.25, -0.2) is 0 Å². The number of aryl methyl sites for hydroxylation is 1. The van der Waals surface area contributed by atoms with Gasteiger partial charge in [-0.15, -0.1) is 0 Å². The summed E-state index contributed by atoms with van der Waals surface area (Å²) in [6.45, 7) is 1.68. The lowest BCUT2D eigenvalue weighted by Gasteiger charge is -2.10. The van der Waals surface area contributed by atoms with Crippen molar-refractivity contribution in [2.24, 2.45) is 0 Å². The standard InChI is InChI=1S/C16H16N2O4/c1-10-4-3-5-13(14(10)19)16(21)18-17-15(20)11-6-8-12(22-2)9-7-11/h3-9,19H,1-2H3,(H,17,20)(H,18,21). The van der Waals surface area contributed by atoms with Crippen LogP contribution in [0, 0.1) is 6.92 Å². The summed E-state index contributed by atoms with van der Waals surface area (Å²) in [7, 11) is 1.53. The summed E-state index contributed by atoms with van der Waals surface area (Å²) >= 11 is 0. The molecule has 3 N–H and O–H groups in total. The molecule has 0 aromatic heterocycles. The van der Waals surface area contributed by atoms with Gasteiger partial charge in [0.25, 0.3) is 11.8 Å². The number of methoxy groups -OCH3 is 1. The maximum Gasteiger partial charge on any atom is 0.273 e. The number of hydrogen-bond donors (Lipinski definition) is 3. The molecule has 22 heavy (non-hydrogen) atoms. The summed E-state index contributed by atoms with van der Waals surface area (Å²) in [6, 6.07) is 11.2. The Hall–Kier alpha value is -3.02. The summed E-state index contributed by atoms with van der Waals surface area (Å²) < 4.78 is 5.00. The smallest absolute Gasteiger partial charge is 0.273 e. The number of ether oxygens (including phenoxy) is 1. The van der Waals surface area contributed by atoms with E-state index in [4.69, 9.17) is 4.74 Å². The first-order valence-electron chi connectivity index (χ1n) is 6.56. The molecule has 0 aliphatic heterocycles. The topological polar surface area (TPSA) is 87.7 Å².